The van der Waals surface area contributed by atoms with E-state index < -0.39 is 0 Å². The molecule has 0 aliphatic carbocycles. The first kappa shape index (κ1) is 13.5. The van der Waals surface area contributed by atoms with Crippen molar-refractivity contribution in [1.82, 2.24) is 14.7 Å². The molecule has 0 aliphatic rings. The molecule has 0 spiro atoms. The van der Waals surface area contributed by atoms with Crippen molar-refractivity contribution in [2.45, 2.75) is 29.5 Å². The van der Waals surface area contributed by atoms with Crippen LogP contribution in [0.5, 0.6) is 0 Å². The Kier molecular flexibility index (Phi) is 4.74. The van der Waals surface area contributed by atoms with Crippen LogP contribution < -0.4 is 5.32 Å². The minimum atomic E-state index is 0.320. The Balaban J connectivity index is 2.08. The van der Waals surface area contributed by atoms with E-state index in [2.05, 4.69) is 45.9 Å². The molecule has 2 rings (SSSR count). The van der Waals surface area contributed by atoms with E-state index in [0.29, 0.717) is 11.3 Å². The first-order valence-corrected chi connectivity index (χ1v) is 7.55. The maximum atomic E-state index is 4.40. The van der Waals surface area contributed by atoms with Crippen LogP contribution in [0.3, 0.4) is 0 Å². The Labute approximate surface area is 116 Å². The number of thioether (sulfide) groups is 1. The summed E-state index contributed by atoms with van der Waals surface area (Å²) in [5.41, 5.74) is 1.31. The van der Waals surface area contributed by atoms with Crippen molar-refractivity contribution in [2.24, 2.45) is 0 Å². The summed E-state index contributed by atoms with van der Waals surface area (Å²) in [6.07, 6.45) is 0. The minimum absolute atomic E-state index is 0.320. The monoisotopic (exact) mass is 279 g/mol. The molecule has 0 radical (unpaired) electrons. The average molecular weight is 279 g/mol. The summed E-state index contributed by atoms with van der Waals surface area (Å²) >= 11 is 3.25. The smallest absolute Gasteiger partial charge is 0.170 e. The van der Waals surface area contributed by atoms with Gasteiger partial charge in [-0.25, -0.2) is 4.98 Å². The number of nitrogens with one attached hydrogen (secondary N) is 1. The summed E-state index contributed by atoms with van der Waals surface area (Å²) in [5.74, 6) is 0.857. The highest BCUT2D eigenvalue weighted by molar-refractivity contribution is 8.01. The van der Waals surface area contributed by atoms with Crippen LogP contribution in [0.4, 0.5) is 0 Å². The van der Waals surface area contributed by atoms with Gasteiger partial charge in [0.25, 0.3) is 0 Å². The molecule has 5 heteroatoms. The zero-order chi connectivity index (χ0) is 13.0. The maximum absolute atomic E-state index is 4.40. The summed E-state index contributed by atoms with van der Waals surface area (Å²) < 4.78 is 5.26. The van der Waals surface area contributed by atoms with Gasteiger partial charge in [0.15, 0.2) is 4.34 Å². The topological polar surface area (TPSA) is 37.8 Å². The summed E-state index contributed by atoms with van der Waals surface area (Å²) in [6, 6.07) is 10.8. The number of rotatable bonds is 5. The Morgan fingerprint density at radius 3 is 2.56 bits per heavy atom. The standard InChI is InChI=1S/C13H17N3S2/c1-9(17-13-15-10(2)16-18-13)12(14-3)11-7-5-4-6-8-11/h4-9,12,14H,1-3H3. The summed E-state index contributed by atoms with van der Waals surface area (Å²) in [6.45, 7) is 4.15. The maximum Gasteiger partial charge on any atom is 0.170 e. The number of hydrogen-bond donors (Lipinski definition) is 1. The molecule has 1 aromatic heterocycles. The summed E-state index contributed by atoms with van der Waals surface area (Å²) in [7, 11) is 2.00. The van der Waals surface area contributed by atoms with Crippen LogP contribution in [0.25, 0.3) is 0 Å². The molecule has 1 heterocycles. The molecule has 3 nitrogen and oxygen atoms in total. The van der Waals surface area contributed by atoms with Crippen molar-refractivity contribution >= 4 is 23.3 Å². The Morgan fingerprint density at radius 2 is 2.00 bits per heavy atom. The predicted molar refractivity (Wildman–Crippen MR) is 78.2 cm³/mol. The minimum Gasteiger partial charge on any atom is -0.312 e. The van der Waals surface area contributed by atoms with E-state index in [-0.39, 0.29) is 0 Å². The van der Waals surface area contributed by atoms with Crippen molar-refractivity contribution in [3.63, 3.8) is 0 Å². The van der Waals surface area contributed by atoms with Gasteiger partial charge in [-0.15, -0.1) is 0 Å². The third-order valence-electron chi connectivity index (χ3n) is 2.73. The van der Waals surface area contributed by atoms with Crippen LogP contribution in [0, 0.1) is 6.92 Å². The summed E-state index contributed by atoms with van der Waals surface area (Å²) in [4.78, 5) is 4.40. The first-order valence-electron chi connectivity index (χ1n) is 5.90. The van der Waals surface area contributed by atoms with Crippen LogP contribution in [0.2, 0.25) is 0 Å². The number of nitrogens with zero attached hydrogens (tertiary/aromatic N) is 2. The highest BCUT2D eigenvalue weighted by Gasteiger charge is 2.19. The molecular formula is C13H17N3S2. The zero-order valence-corrected chi connectivity index (χ0v) is 12.4. The van der Waals surface area contributed by atoms with Crippen molar-refractivity contribution in [3.05, 3.63) is 41.7 Å². The van der Waals surface area contributed by atoms with Gasteiger partial charge in [0.05, 0.1) is 0 Å². The molecule has 0 bridgehead atoms. The summed E-state index contributed by atoms with van der Waals surface area (Å²) in [5, 5.41) is 3.79. The second-order valence-corrected chi connectivity index (χ2v) is 6.48. The van der Waals surface area contributed by atoms with Gasteiger partial charge in [0, 0.05) is 11.3 Å². The highest BCUT2D eigenvalue weighted by Crippen LogP contribution is 2.32. The van der Waals surface area contributed by atoms with E-state index in [1.165, 1.54) is 17.1 Å². The van der Waals surface area contributed by atoms with E-state index in [0.717, 1.165) is 10.2 Å². The van der Waals surface area contributed by atoms with Gasteiger partial charge >= 0.3 is 0 Å². The molecule has 1 N–H and O–H groups in total. The van der Waals surface area contributed by atoms with Crippen LogP contribution in [-0.4, -0.2) is 21.7 Å². The van der Waals surface area contributed by atoms with E-state index in [9.17, 15) is 0 Å². The lowest BCUT2D eigenvalue weighted by Crippen LogP contribution is -2.25. The van der Waals surface area contributed by atoms with E-state index in [4.69, 9.17) is 0 Å². The fourth-order valence-corrected chi connectivity index (χ4v) is 3.98. The van der Waals surface area contributed by atoms with E-state index in [1.54, 1.807) is 11.8 Å². The molecule has 0 saturated heterocycles. The molecule has 2 aromatic rings. The lowest BCUT2D eigenvalue weighted by Gasteiger charge is -2.22. The molecule has 0 saturated carbocycles. The SMILES string of the molecule is CNC(c1ccccc1)C(C)Sc1nc(C)ns1. The normalized spacial score (nSPS) is 14.4. The quantitative estimate of drug-likeness (QED) is 0.852. The molecular weight excluding hydrogens is 262 g/mol. The van der Waals surface area contributed by atoms with Gasteiger partial charge in [-0.1, -0.05) is 49.0 Å². The van der Waals surface area contributed by atoms with Crippen molar-refractivity contribution in [1.29, 1.82) is 0 Å². The van der Waals surface area contributed by atoms with Gasteiger partial charge in [-0.05, 0) is 31.1 Å². The molecule has 1 aromatic carbocycles. The Bertz CT molecular complexity index is 484. The van der Waals surface area contributed by atoms with Crippen LogP contribution >= 0.6 is 23.3 Å². The molecule has 96 valence electrons. The third-order valence-corrected chi connectivity index (χ3v) is 4.79. The number of aryl methyl sites for hydroxylation is 1. The lowest BCUT2D eigenvalue weighted by atomic mass is 10.0. The molecule has 0 aliphatic heterocycles. The van der Waals surface area contributed by atoms with Crippen molar-refractivity contribution in [3.8, 4) is 0 Å². The highest BCUT2D eigenvalue weighted by atomic mass is 32.2. The number of hydrogen-bond acceptors (Lipinski definition) is 5. The fraction of sp³-hybridized carbons (Fsp3) is 0.385. The number of benzene rings is 1. The number of aromatic nitrogens is 2. The van der Waals surface area contributed by atoms with Crippen LogP contribution in [0.1, 0.15) is 24.4 Å². The van der Waals surface area contributed by atoms with Gasteiger partial charge in [0.1, 0.15) is 5.82 Å². The van der Waals surface area contributed by atoms with E-state index in [1.807, 2.05) is 20.0 Å². The second-order valence-electron chi connectivity index (χ2n) is 4.11. The predicted octanol–water partition coefficient (Wildman–Crippen LogP) is 3.29. The molecule has 0 amide bonds. The molecule has 18 heavy (non-hydrogen) atoms. The van der Waals surface area contributed by atoms with E-state index >= 15 is 0 Å². The average Bonchev–Trinajstić information content (AvgIpc) is 2.77. The first-order chi connectivity index (χ1) is 8.70. The van der Waals surface area contributed by atoms with Gasteiger partial charge < -0.3 is 5.32 Å². The zero-order valence-electron chi connectivity index (χ0n) is 10.8. The molecule has 2 unspecified atom stereocenters. The van der Waals surface area contributed by atoms with Gasteiger partial charge in [-0.2, -0.15) is 4.37 Å². The molecule has 0 fully saturated rings. The van der Waals surface area contributed by atoms with Crippen molar-refractivity contribution < 1.29 is 0 Å². The Hall–Kier alpha value is -0.910. The fourth-order valence-electron chi connectivity index (χ4n) is 1.89. The Morgan fingerprint density at radius 1 is 1.28 bits per heavy atom. The van der Waals surface area contributed by atoms with Crippen LogP contribution in [0.15, 0.2) is 34.7 Å². The second kappa shape index (κ2) is 6.31. The molecule has 2 atom stereocenters. The van der Waals surface area contributed by atoms with Crippen LogP contribution in [-0.2, 0) is 0 Å². The van der Waals surface area contributed by atoms with Crippen molar-refractivity contribution in [2.75, 3.05) is 7.05 Å². The largest absolute Gasteiger partial charge is 0.312 e. The third kappa shape index (κ3) is 3.31. The van der Waals surface area contributed by atoms with Gasteiger partial charge in [0.2, 0.25) is 0 Å². The van der Waals surface area contributed by atoms with Gasteiger partial charge in [-0.3, -0.25) is 0 Å². The lowest BCUT2D eigenvalue weighted by molar-refractivity contribution is 0.589.